The van der Waals surface area contributed by atoms with Crippen LogP contribution >= 0.6 is 11.8 Å². The minimum atomic E-state index is -0.336. The summed E-state index contributed by atoms with van der Waals surface area (Å²) in [7, 11) is 1.58. The Morgan fingerprint density at radius 2 is 2.40 bits per heavy atom. The minimum absolute atomic E-state index is 0.107. The number of amides is 1. The summed E-state index contributed by atoms with van der Waals surface area (Å²) in [4.78, 5) is 11.8. The molecule has 0 aliphatic heterocycles. The lowest BCUT2D eigenvalue weighted by atomic mass is 10.4. The van der Waals surface area contributed by atoms with E-state index in [0.29, 0.717) is 30.0 Å². The van der Waals surface area contributed by atoms with Gasteiger partial charge in [-0.15, -0.1) is 10.2 Å². The zero-order valence-corrected chi connectivity index (χ0v) is 12.0. The van der Waals surface area contributed by atoms with Crippen molar-refractivity contribution in [2.24, 2.45) is 0 Å². The van der Waals surface area contributed by atoms with Crippen LogP contribution in [0.3, 0.4) is 0 Å². The number of hydrogen-bond donors (Lipinski definition) is 1. The van der Waals surface area contributed by atoms with Gasteiger partial charge in [0.1, 0.15) is 0 Å². The van der Waals surface area contributed by atoms with Crippen molar-refractivity contribution in [2.45, 2.75) is 17.4 Å². The molecule has 1 amide bonds. The van der Waals surface area contributed by atoms with Gasteiger partial charge in [0.15, 0.2) is 5.76 Å². The molecule has 108 valence electrons. The zero-order chi connectivity index (χ0) is 14.4. The zero-order valence-electron chi connectivity index (χ0n) is 11.2. The summed E-state index contributed by atoms with van der Waals surface area (Å²) < 4.78 is 15.4. The first-order valence-electron chi connectivity index (χ1n) is 6.01. The Bertz CT molecular complexity index is 541. The summed E-state index contributed by atoms with van der Waals surface area (Å²) in [6.45, 7) is 2.72. The SMILES string of the molecule is COCCNC(=O)[C@@H](C)Sc1nnc(-c2ccco2)o1. The predicted octanol–water partition coefficient (Wildman–Crippen LogP) is 1.57. The Morgan fingerprint density at radius 1 is 1.55 bits per heavy atom. The van der Waals surface area contributed by atoms with Crippen molar-refractivity contribution in [3.63, 3.8) is 0 Å². The molecule has 2 rings (SSSR count). The van der Waals surface area contributed by atoms with Gasteiger partial charge in [-0.3, -0.25) is 4.79 Å². The van der Waals surface area contributed by atoms with Crippen LogP contribution in [0.25, 0.3) is 11.7 Å². The molecular weight excluding hydrogens is 282 g/mol. The first kappa shape index (κ1) is 14.6. The van der Waals surface area contributed by atoms with E-state index >= 15 is 0 Å². The van der Waals surface area contributed by atoms with Gasteiger partial charge in [0.2, 0.25) is 5.91 Å². The molecule has 0 spiro atoms. The van der Waals surface area contributed by atoms with Gasteiger partial charge in [-0.1, -0.05) is 11.8 Å². The average Bonchev–Trinajstić information content (AvgIpc) is 3.08. The number of methoxy groups -OCH3 is 1. The fourth-order valence-electron chi connectivity index (χ4n) is 1.38. The van der Waals surface area contributed by atoms with Gasteiger partial charge in [-0.25, -0.2) is 0 Å². The van der Waals surface area contributed by atoms with E-state index < -0.39 is 0 Å². The van der Waals surface area contributed by atoms with Crippen LogP contribution in [0.4, 0.5) is 0 Å². The molecule has 2 heterocycles. The van der Waals surface area contributed by atoms with E-state index in [1.807, 2.05) is 0 Å². The average molecular weight is 297 g/mol. The molecule has 2 aromatic heterocycles. The normalized spacial score (nSPS) is 12.3. The van der Waals surface area contributed by atoms with Crippen LogP contribution in [-0.2, 0) is 9.53 Å². The number of nitrogens with one attached hydrogen (secondary N) is 1. The number of carbonyl (C=O) groups is 1. The standard InChI is InChI=1S/C12H15N3O4S/c1-8(10(16)13-5-7-17-2)20-12-15-14-11(19-12)9-4-3-6-18-9/h3-4,6,8H,5,7H2,1-2H3,(H,13,16)/t8-/m1/s1. The van der Waals surface area contributed by atoms with Crippen molar-refractivity contribution in [2.75, 3.05) is 20.3 Å². The molecule has 0 saturated carbocycles. The second-order valence-electron chi connectivity index (χ2n) is 3.89. The molecule has 0 unspecified atom stereocenters. The van der Waals surface area contributed by atoms with Crippen LogP contribution in [0.2, 0.25) is 0 Å². The number of furan rings is 1. The van der Waals surface area contributed by atoms with Gasteiger partial charge in [0.25, 0.3) is 11.1 Å². The Hall–Kier alpha value is -1.80. The number of nitrogens with zero attached hydrogens (tertiary/aromatic N) is 2. The summed E-state index contributed by atoms with van der Waals surface area (Å²) in [6.07, 6.45) is 1.53. The summed E-state index contributed by atoms with van der Waals surface area (Å²) in [5.74, 6) is 0.691. The maximum atomic E-state index is 11.8. The molecule has 0 fully saturated rings. The molecule has 0 bridgehead atoms. The number of hydrogen-bond acceptors (Lipinski definition) is 7. The lowest BCUT2D eigenvalue weighted by Crippen LogP contribution is -2.33. The first-order valence-corrected chi connectivity index (χ1v) is 6.89. The molecule has 0 radical (unpaired) electrons. The van der Waals surface area contributed by atoms with Gasteiger partial charge in [-0.05, 0) is 19.1 Å². The van der Waals surface area contributed by atoms with E-state index in [1.54, 1.807) is 26.2 Å². The number of aromatic nitrogens is 2. The van der Waals surface area contributed by atoms with E-state index in [2.05, 4.69) is 15.5 Å². The molecule has 1 N–H and O–H groups in total. The Balaban J connectivity index is 1.88. The molecule has 0 aromatic carbocycles. The minimum Gasteiger partial charge on any atom is -0.459 e. The highest BCUT2D eigenvalue weighted by Crippen LogP contribution is 2.26. The van der Waals surface area contributed by atoms with Crippen molar-refractivity contribution >= 4 is 17.7 Å². The Kier molecular flexibility index (Phi) is 5.19. The highest BCUT2D eigenvalue weighted by atomic mass is 32.2. The molecule has 0 aliphatic rings. The van der Waals surface area contributed by atoms with E-state index in [1.165, 1.54) is 18.0 Å². The van der Waals surface area contributed by atoms with Gasteiger partial charge in [0.05, 0.1) is 18.1 Å². The summed E-state index contributed by atoms with van der Waals surface area (Å²) in [5.41, 5.74) is 0. The second-order valence-corrected chi connectivity index (χ2v) is 5.19. The van der Waals surface area contributed by atoms with Gasteiger partial charge in [-0.2, -0.15) is 0 Å². The quantitative estimate of drug-likeness (QED) is 0.612. The number of thioether (sulfide) groups is 1. The fourth-order valence-corrected chi connectivity index (χ4v) is 2.09. The largest absolute Gasteiger partial charge is 0.459 e. The number of carbonyl (C=O) groups excluding carboxylic acids is 1. The van der Waals surface area contributed by atoms with Crippen molar-refractivity contribution in [1.82, 2.24) is 15.5 Å². The van der Waals surface area contributed by atoms with Crippen LogP contribution in [0.15, 0.2) is 32.5 Å². The lowest BCUT2D eigenvalue weighted by molar-refractivity contribution is -0.120. The monoisotopic (exact) mass is 297 g/mol. The van der Waals surface area contributed by atoms with Crippen LogP contribution < -0.4 is 5.32 Å². The Morgan fingerprint density at radius 3 is 3.10 bits per heavy atom. The number of ether oxygens (including phenoxy) is 1. The molecular formula is C12H15N3O4S. The van der Waals surface area contributed by atoms with E-state index in [9.17, 15) is 4.79 Å². The van der Waals surface area contributed by atoms with Crippen LogP contribution in [0.5, 0.6) is 0 Å². The highest BCUT2D eigenvalue weighted by molar-refractivity contribution is 8.00. The molecule has 8 heteroatoms. The summed E-state index contributed by atoms with van der Waals surface area (Å²) in [5, 5.41) is 10.5. The molecule has 7 nitrogen and oxygen atoms in total. The molecule has 0 saturated heterocycles. The molecule has 0 aliphatic carbocycles. The fraction of sp³-hybridized carbons (Fsp3) is 0.417. The molecule has 2 aromatic rings. The maximum Gasteiger partial charge on any atom is 0.284 e. The lowest BCUT2D eigenvalue weighted by Gasteiger charge is -2.08. The van der Waals surface area contributed by atoms with Crippen LogP contribution in [0.1, 0.15) is 6.92 Å². The van der Waals surface area contributed by atoms with Crippen LogP contribution in [0, 0.1) is 0 Å². The van der Waals surface area contributed by atoms with Crippen molar-refractivity contribution in [1.29, 1.82) is 0 Å². The summed E-state index contributed by atoms with van der Waals surface area (Å²) >= 11 is 1.19. The van der Waals surface area contributed by atoms with Crippen molar-refractivity contribution in [3.8, 4) is 11.7 Å². The third kappa shape index (κ3) is 3.84. The second kappa shape index (κ2) is 7.11. The van der Waals surface area contributed by atoms with E-state index in [4.69, 9.17) is 13.6 Å². The molecule has 20 heavy (non-hydrogen) atoms. The predicted molar refractivity (Wildman–Crippen MR) is 72.2 cm³/mol. The van der Waals surface area contributed by atoms with E-state index in [-0.39, 0.29) is 11.2 Å². The number of rotatable bonds is 7. The van der Waals surface area contributed by atoms with Gasteiger partial charge < -0.3 is 18.9 Å². The third-order valence-corrected chi connectivity index (χ3v) is 3.32. The Labute approximate surface area is 120 Å². The third-order valence-electron chi connectivity index (χ3n) is 2.39. The van der Waals surface area contributed by atoms with Gasteiger partial charge in [0, 0.05) is 13.7 Å². The topological polar surface area (TPSA) is 90.4 Å². The van der Waals surface area contributed by atoms with Crippen molar-refractivity contribution in [3.05, 3.63) is 18.4 Å². The smallest absolute Gasteiger partial charge is 0.284 e. The maximum absolute atomic E-state index is 11.8. The first-order chi connectivity index (χ1) is 9.70. The summed E-state index contributed by atoms with van der Waals surface area (Å²) in [6, 6.07) is 3.46. The van der Waals surface area contributed by atoms with Crippen LogP contribution in [-0.4, -0.2) is 41.6 Å². The van der Waals surface area contributed by atoms with E-state index in [0.717, 1.165) is 0 Å². The highest BCUT2D eigenvalue weighted by Gasteiger charge is 2.18. The van der Waals surface area contributed by atoms with Crippen molar-refractivity contribution < 1.29 is 18.4 Å². The van der Waals surface area contributed by atoms with Gasteiger partial charge >= 0.3 is 0 Å². The molecule has 1 atom stereocenters.